The smallest absolute Gasteiger partial charge is 0.255 e. The number of nitrogens with zero attached hydrogens (tertiary/aromatic N) is 4. The fourth-order valence-corrected chi connectivity index (χ4v) is 6.97. The molecule has 0 spiro atoms. The number of carbonyl (C=O) groups is 3. The number of aliphatic hydroxyl groups excluding tert-OH is 2. The molecule has 12 heteroatoms. The van der Waals surface area contributed by atoms with Crippen LogP contribution in [0.4, 0.5) is 11.4 Å². The number of hydrogen-bond donors (Lipinski definition) is 5. The second kappa shape index (κ2) is 9.50. The number of fused-ring (bicyclic) bond motifs is 3. The monoisotopic (exact) mass is 555 g/mol. The highest BCUT2D eigenvalue weighted by molar-refractivity contribution is 6.24. The SMILES string of the molecule is CN1CCN(c2cc(N(C)C)c3c(c2O)C(O)=C2C(=O)[C@]4(O)C(O)=C(C(N)=O)C(=O)[C@@H](N(C)C)[C@@H]4C[C@@H]2C3)CC1. The molecule has 0 radical (unpaired) electrons. The maximum Gasteiger partial charge on any atom is 0.255 e. The van der Waals surface area contributed by atoms with E-state index in [0.29, 0.717) is 24.3 Å². The summed E-state index contributed by atoms with van der Waals surface area (Å²) in [5.41, 5.74) is 3.81. The number of phenolic OH excluding ortho intramolecular Hbond substituents is 1. The third kappa shape index (κ3) is 3.80. The van der Waals surface area contributed by atoms with Gasteiger partial charge in [0.1, 0.15) is 22.8 Å². The first-order chi connectivity index (χ1) is 18.7. The topological polar surface area (TPSA) is 171 Å². The van der Waals surface area contributed by atoms with Crippen LogP contribution in [0.3, 0.4) is 0 Å². The number of ketones is 2. The summed E-state index contributed by atoms with van der Waals surface area (Å²) in [5, 5.41) is 46.0. The number of primary amides is 1. The minimum Gasteiger partial charge on any atom is -0.508 e. The number of rotatable bonds is 4. The number of phenols is 1. The predicted molar refractivity (Wildman–Crippen MR) is 148 cm³/mol. The lowest BCUT2D eigenvalue weighted by Gasteiger charge is -2.50. The number of hydrogen-bond acceptors (Lipinski definition) is 11. The minimum atomic E-state index is -2.65. The van der Waals surface area contributed by atoms with Crippen LogP contribution >= 0.6 is 0 Å². The van der Waals surface area contributed by atoms with Crippen molar-refractivity contribution >= 4 is 34.6 Å². The van der Waals surface area contributed by atoms with Crippen LogP contribution in [-0.4, -0.2) is 121 Å². The number of benzene rings is 1. The van der Waals surface area contributed by atoms with Crippen molar-refractivity contribution in [2.45, 2.75) is 24.5 Å². The van der Waals surface area contributed by atoms with E-state index >= 15 is 0 Å². The Morgan fingerprint density at radius 3 is 2.25 bits per heavy atom. The molecule has 1 amide bonds. The molecule has 1 saturated carbocycles. The molecule has 4 atom stereocenters. The van der Waals surface area contributed by atoms with E-state index in [1.807, 2.05) is 37.0 Å². The molecule has 0 bridgehead atoms. The molecule has 6 N–H and O–H groups in total. The molecule has 216 valence electrons. The fourth-order valence-electron chi connectivity index (χ4n) is 6.97. The molecule has 2 fully saturated rings. The number of nitrogens with two attached hydrogens (primary N) is 1. The Labute approximate surface area is 232 Å². The first kappa shape index (κ1) is 27.9. The molecule has 0 aromatic heterocycles. The average Bonchev–Trinajstić information content (AvgIpc) is 2.86. The summed E-state index contributed by atoms with van der Waals surface area (Å²) in [5.74, 6) is -6.49. The van der Waals surface area contributed by atoms with Gasteiger partial charge in [0.05, 0.1) is 17.3 Å². The van der Waals surface area contributed by atoms with Crippen LogP contribution in [0.1, 0.15) is 17.5 Å². The van der Waals surface area contributed by atoms with Gasteiger partial charge in [0.2, 0.25) is 5.78 Å². The second-order valence-corrected chi connectivity index (χ2v) is 11.8. The summed E-state index contributed by atoms with van der Waals surface area (Å²) in [7, 11) is 8.89. The van der Waals surface area contributed by atoms with E-state index in [4.69, 9.17) is 5.73 Å². The molecule has 3 aliphatic carbocycles. The summed E-state index contributed by atoms with van der Waals surface area (Å²) < 4.78 is 0. The number of carbonyl (C=O) groups excluding carboxylic acids is 3. The third-order valence-corrected chi connectivity index (χ3v) is 9.00. The molecule has 1 aromatic rings. The lowest BCUT2D eigenvalue weighted by molar-refractivity contribution is -0.153. The number of anilines is 2. The average molecular weight is 556 g/mol. The summed E-state index contributed by atoms with van der Waals surface area (Å²) in [6, 6.07) is 0.776. The van der Waals surface area contributed by atoms with Crippen LogP contribution in [0.5, 0.6) is 5.75 Å². The Bertz CT molecular complexity index is 1380. The zero-order valence-electron chi connectivity index (χ0n) is 23.4. The van der Waals surface area contributed by atoms with Crippen molar-refractivity contribution < 1.29 is 34.8 Å². The van der Waals surface area contributed by atoms with Crippen molar-refractivity contribution in [2.24, 2.45) is 17.6 Å². The highest BCUT2D eigenvalue weighted by Crippen LogP contribution is 2.55. The van der Waals surface area contributed by atoms with Crippen molar-refractivity contribution in [2.75, 3.05) is 71.2 Å². The molecule has 1 aromatic carbocycles. The second-order valence-electron chi connectivity index (χ2n) is 11.8. The number of likely N-dealkylation sites (N-methyl/N-ethyl adjacent to an activating group) is 2. The van der Waals surface area contributed by atoms with E-state index in [2.05, 4.69) is 4.90 Å². The van der Waals surface area contributed by atoms with Gasteiger partial charge in [-0.15, -0.1) is 0 Å². The first-order valence-electron chi connectivity index (χ1n) is 13.4. The van der Waals surface area contributed by atoms with Crippen LogP contribution in [0.2, 0.25) is 0 Å². The highest BCUT2D eigenvalue weighted by atomic mass is 16.3. The third-order valence-electron chi connectivity index (χ3n) is 9.00. The first-order valence-corrected chi connectivity index (χ1v) is 13.4. The highest BCUT2D eigenvalue weighted by Gasteiger charge is 2.64. The standard InChI is InChI=1S/C28H37N5O7/c1-30(2)16-12-17(33-8-6-32(5)7-9-33)22(34)19-14(16)10-13-11-15-21(31(3)4)24(36)20(27(29)39)26(38)28(15,40)25(37)18(13)23(19)35/h12-13,15,21,34-35,38,40H,6-11H2,1-5H3,(H2,29,39)/t13-,15-,21-,28-/m0/s1. The predicted octanol–water partition coefficient (Wildman–Crippen LogP) is -0.218. The molecule has 12 nitrogen and oxygen atoms in total. The maximum absolute atomic E-state index is 14.1. The Morgan fingerprint density at radius 1 is 1.07 bits per heavy atom. The van der Waals surface area contributed by atoms with Crippen LogP contribution in [0.15, 0.2) is 23.0 Å². The van der Waals surface area contributed by atoms with E-state index in [-0.39, 0.29) is 29.7 Å². The lowest BCUT2D eigenvalue weighted by Crippen LogP contribution is -2.65. The van der Waals surface area contributed by atoms with E-state index in [9.17, 15) is 34.8 Å². The van der Waals surface area contributed by atoms with E-state index < -0.39 is 58.0 Å². The lowest BCUT2D eigenvalue weighted by atomic mass is 9.57. The quantitative estimate of drug-likeness (QED) is 0.311. The van der Waals surface area contributed by atoms with Gasteiger partial charge in [-0.1, -0.05) is 0 Å². The largest absolute Gasteiger partial charge is 0.508 e. The number of piperazine rings is 1. The van der Waals surface area contributed by atoms with Gasteiger partial charge in [-0.2, -0.15) is 0 Å². The number of aromatic hydroxyl groups is 1. The maximum atomic E-state index is 14.1. The van der Waals surface area contributed by atoms with E-state index in [0.717, 1.165) is 18.8 Å². The van der Waals surface area contributed by atoms with Crippen LogP contribution in [0, 0.1) is 11.8 Å². The fraction of sp³-hybridized carbons (Fsp3) is 0.536. The van der Waals surface area contributed by atoms with Gasteiger partial charge in [0.25, 0.3) is 5.91 Å². The number of aliphatic hydroxyl groups is 3. The van der Waals surface area contributed by atoms with Crippen molar-refractivity contribution in [3.05, 3.63) is 34.1 Å². The summed E-state index contributed by atoms with van der Waals surface area (Å²) in [6.45, 7) is 2.89. The van der Waals surface area contributed by atoms with Gasteiger partial charge in [-0.05, 0) is 51.5 Å². The van der Waals surface area contributed by atoms with Crippen LogP contribution in [0.25, 0.3) is 5.76 Å². The Hall–Kier alpha value is -3.61. The molecular formula is C28H37N5O7. The summed E-state index contributed by atoms with van der Waals surface area (Å²) >= 11 is 0. The zero-order chi connectivity index (χ0) is 29.4. The molecule has 1 aliphatic heterocycles. The van der Waals surface area contributed by atoms with Gasteiger partial charge in [0.15, 0.2) is 11.4 Å². The van der Waals surface area contributed by atoms with Gasteiger partial charge in [0, 0.05) is 57.5 Å². The molecule has 4 aliphatic rings. The van der Waals surface area contributed by atoms with Crippen LogP contribution in [-0.2, 0) is 20.8 Å². The van der Waals surface area contributed by atoms with E-state index in [1.54, 1.807) is 14.1 Å². The van der Waals surface area contributed by atoms with Crippen molar-refractivity contribution in [1.29, 1.82) is 0 Å². The van der Waals surface area contributed by atoms with E-state index in [1.165, 1.54) is 4.90 Å². The normalized spacial score (nSPS) is 29.0. The Balaban J connectivity index is 1.72. The number of amides is 1. The zero-order valence-corrected chi connectivity index (χ0v) is 23.4. The van der Waals surface area contributed by atoms with Gasteiger partial charge in [-0.25, -0.2) is 0 Å². The van der Waals surface area contributed by atoms with Crippen molar-refractivity contribution in [3.8, 4) is 5.75 Å². The number of Topliss-reactive ketones (excluding diaryl/α,β-unsaturated/α-hetero) is 2. The molecule has 40 heavy (non-hydrogen) atoms. The molecule has 0 unspecified atom stereocenters. The van der Waals surface area contributed by atoms with Crippen molar-refractivity contribution in [3.63, 3.8) is 0 Å². The Morgan fingerprint density at radius 2 is 1.70 bits per heavy atom. The van der Waals surface area contributed by atoms with Crippen molar-refractivity contribution in [1.82, 2.24) is 9.80 Å². The molecule has 5 rings (SSSR count). The van der Waals surface area contributed by atoms with Gasteiger partial charge < -0.3 is 40.9 Å². The molecule has 1 heterocycles. The van der Waals surface area contributed by atoms with Gasteiger partial charge >= 0.3 is 0 Å². The van der Waals surface area contributed by atoms with Gasteiger partial charge in [-0.3, -0.25) is 19.3 Å². The molecule has 1 saturated heterocycles. The molecular weight excluding hydrogens is 518 g/mol. The summed E-state index contributed by atoms with van der Waals surface area (Å²) in [4.78, 5) is 47.1. The Kier molecular flexibility index (Phi) is 6.63. The van der Waals surface area contributed by atoms with Crippen LogP contribution < -0.4 is 15.5 Å². The summed E-state index contributed by atoms with van der Waals surface area (Å²) in [6.07, 6.45) is 0.304. The minimum absolute atomic E-state index is 0.0552.